The summed E-state index contributed by atoms with van der Waals surface area (Å²) in [4.78, 5) is 4.64. The van der Waals surface area contributed by atoms with Crippen LogP contribution >= 0.6 is 11.3 Å². The van der Waals surface area contributed by atoms with E-state index in [9.17, 15) is 0 Å². The highest BCUT2D eigenvalue weighted by Gasteiger charge is 2.15. The van der Waals surface area contributed by atoms with Gasteiger partial charge in [0.05, 0.1) is 29.5 Å². The zero-order valence-electron chi connectivity index (χ0n) is 13.2. The quantitative estimate of drug-likeness (QED) is 0.795. The molecule has 2 aromatic rings. The Labute approximate surface area is 130 Å². The second-order valence-corrected chi connectivity index (χ2v) is 6.27. The first kappa shape index (κ1) is 16.0. The highest BCUT2D eigenvalue weighted by Crippen LogP contribution is 2.30. The lowest BCUT2D eigenvalue weighted by Gasteiger charge is -2.21. The average molecular weight is 308 g/mol. The van der Waals surface area contributed by atoms with Gasteiger partial charge in [-0.2, -0.15) is 0 Å². The number of anilines is 1. The fourth-order valence-electron chi connectivity index (χ4n) is 2.03. The van der Waals surface area contributed by atoms with Crippen LogP contribution in [0.1, 0.15) is 27.7 Å². The van der Waals surface area contributed by atoms with Gasteiger partial charge < -0.3 is 14.8 Å². The van der Waals surface area contributed by atoms with Gasteiger partial charge in [-0.3, -0.25) is 0 Å². The van der Waals surface area contributed by atoms with E-state index in [0.29, 0.717) is 19.1 Å². The number of fused-ring (bicyclic) bond motifs is 1. The standard InChI is InChI=1S/C16H24N2O2S/c1-5-19-10-14(11(3)4)18-16-17-13-8-7-12(20-6-2)9-15(13)21-16/h7-9,11,14H,5-6,10H2,1-4H3,(H,17,18). The summed E-state index contributed by atoms with van der Waals surface area (Å²) in [5.41, 5.74) is 1.00. The molecule has 0 saturated carbocycles. The molecule has 0 radical (unpaired) electrons. The van der Waals surface area contributed by atoms with Gasteiger partial charge in [-0.1, -0.05) is 25.2 Å². The van der Waals surface area contributed by atoms with Crippen molar-refractivity contribution in [1.29, 1.82) is 0 Å². The largest absolute Gasteiger partial charge is 0.494 e. The molecule has 0 fully saturated rings. The minimum absolute atomic E-state index is 0.275. The number of benzene rings is 1. The van der Waals surface area contributed by atoms with Gasteiger partial charge in [-0.05, 0) is 38.0 Å². The van der Waals surface area contributed by atoms with Crippen molar-refractivity contribution in [3.8, 4) is 5.75 Å². The van der Waals surface area contributed by atoms with Gasteiger partial charge in [0.25, 0.3) is 0 Å². The predicted octanol–water partition coefficient (Wildman–Crippen LogP) is 4.17. The molecule has 0 aliphatic carbocycles. The van der Waals surface area contributed by atoms with Crippen LogP contribution in [0.2, 0.25) is 0 Å². The summed E-state index contributed by atoms with van der Waals surface area (Å²) in [6, 6.07) is 6.30. The normalized spacial score (nSPS) is 12.8. The molecule has 0 saturated heterocycles. The highest BCUT2D eigenvalue weighted by atomic mass is 32.1. The lowest BCUT2D eigenvalue weighted by molar-refractivity contribution is 0.127. The summed E-state index contributed by atoms with van der Waals surface area (Å²) >= 11 is 1.66. The van der Waals surface area contributed by atoms with Crippen LogP contribution in [0.4, 0.5) is 5.13 Å². The molecular weight excluding hydrogens is 284 g/mol. The second-order valence-electron chi connectivity index (χ2n) is 5.24. The number of thiazole rings is 1. The Morgan fingerprint density at radius 2 is 2.05 bits per heavy atom. The molecule has 1 aromatic carbocycles. The molecule has 1 aromatic heterocycles. The molecule has 5 heteroatoms. The maximum absolute atomic E-state index is 5.55. The van der Waals surface area contributed by atoms with E-state index in [1.54, 1.807) is 11.3 Å². The van der Waals surface area contributed by atoms with E-state index < -0.39 is 0 Å². The molecule has 2 rings (SSSR count). The van der Waals surface area contributed by atoms with Crippen molar-refractivity contribution in [3.63, 3.8) is 0 Å². The Bertz CT molecular complexity index is 568. The third kappa shape index (κ3) is 4.32. The number of nitrogens with zero attached hydrogens (tertiary/aromatic N) is 1. The Morgan fingerprint density at radius 1 is 1.24 bits per heavy atom. The monoisotopic (exact) mass is 308 g/mol. The van der Waals surface area contributed by atoms with Crippen molar-refractivity contribution in [2.24, 2.45) is 5.92 Å². The van der Waals surface area contributed by atoms with Crippen molar-refractivity contribution in [2.45, 2.75) is 33.7 Å². The van der Waals surface area contributed by atoms with Gasteiger partial charge in [0.2, 0.25) is 0 Å². The van der Waals surface area contributed by atoms with Crippen LogP contribution < -0.4 is 10.1 Å². The van der Waals surface area contributed by atoms with Crippen LogP contribution in [0.25, 0.3) is 10.2 Å². The van der Waals surface area contributed by atoms with Crippen molar-refractivity contribution < 1.29 is 9.47 Å². The van der Waals surface area contributed by atoms with E-state index in [2.05, 4.69) is 30.2 Å². The van der Waals surface area contributed by atoms with Crippen molar-refractivity contribution in [3.05, 3.63) is 18.2 Å². The van der Waals surface area contributed by atoms with Gasteiger partial charge >= 0.3 is 0 Å². The maximum atomic E-state index is 5.55. The molecule has 116 valence electrons. The Kier molecular flexibility index (Phi) is 5.82. The van der Waals surface area contributed by atoms with Crippen molar-refractivity contribution in [2.75, 3.05) is 25.1 Å². The molecule has 0 spiro atoms. The number of rotatable bonds is 8. The highest BCUT2D eigenvalue weighted by molar-refractivity contribution is 7.22. The van der Waals surface area contributed by atoms with E-state index in [1.807, 2.05) is 26.0 Å². The van der Waals surface area contributed by atoms with E-state index in [0.717, 1.165) is 27.7 Å². The molecular formula is C16H24N2O2S. The van der Waals surface area contributed by atoms with Gasteiger partial charge in [0, 0.05) is 6.61 Å². The number of aromatic nitrogens is 1. The summed E-state index contributed by atoms with van der Waals surface area (Å²) < 4.78 is 12.2. The van der Waals surface area contributed by atoms with Gasteiger partial charge in [-0.15, -0.1) is 0 Å². The van der Waals surface area contributed by atoms with Crippen LogP contribution in [0.3, 0.4) is 0 Å². The second kappa shape index (κ2) is 7.61. The Hall–Kier alpha value is -1.33. The summed E-state index contributed by atoms with van der Waals surface area (Å²) in [5, 5.41) is 4.44. The van der Waals surface area contributed by atoms with Crippen LogP contribution in [-0.2, 0) is 4.74 Å². The maximum Gasteiger partial charge on any atom is 0.184 e. The molecule has 1 N–H and O–H groups in total. The van der Waals surface area contributed by atoms with Crippen LogP contribution in [0.5, 0.6) is 5.75 Å². The summed E-state index contributed by atoms with van der Waals surface area (Å²) in [5.74, 6) is 1.39. The minimum Gasteiger partial charge on any atom is -0.494 e. The molecule has 0 aliphatic heterocycles. The van der Waals surface area contributed by atoms with E-state index in [1.165, 1.54) is 0 Å². The number of hydrogen-bond acceptors (Lipinski definition) is 5. The molecule has 21 heavy (non-hydrogen) atoms. The fourth-order valence-corrected chi connectivity index (χ4v) is 2.98. The van der Waals surface area contributed by atoms with Gasteiger partial charge in [-0.25, -0.2) is 4.98 Å². The zero-order valence-corrected chi connectivity index (χ0v) is 14.0. The summed E-state index contributed by atoms with van der Waals surface area (Å²) in [6.45, 7) is 10.5. The van der Waals surface area contributed by atoms with Crippen LogP contribution in [0, 0.1) is 5.92 Å². The third-order valence-corrected chi connectivity index (χ3v) is 4.24. The van der Waals surface area contributed by atoms with Crippen molar-refractivity contribution >= 4 is 26.7 Å². The third-order valence-electron chi connectivity index (χ3n) is 3.29. The summed E-state index contributed by atoms with van der Waals surface area (Å²) in [6.07, 6.45) is 0. The van der Waals surface area contributed by atoms with Crippen molar-refractivity contribution in [1.82, 2.24) is 4.98 Å². The van der Waals surface area contributed by atoms with Crippen LogP contribution in [-0.4, -0.2) is 30.8 Å². The minimum atomic E-state index is 0.275. The molecule has 4 nitrogen and oxygen atoms in total. The number of ether oxygens (including phenoxy) is 2. The molecule has 1 unspecified atom stereocenters. The Balaban J connectivity index is 2.13. The van der Waals surface area contributed by atoms with E-state index in [4.69, 9.17) is 9.47 Å². The predicted molar refractivity (Wildman–Crippen MR) is 89.5 cm³/mol. The van der Waals surface area contributed by atoms with E-state index in [-0.39, 0.29) is 6.04 Å². The molecule has 0 aliphatic rings. The van der Waals surface area contributed by atoms with E-state index >= 15 is 0 Å². The molecule has 1 atom stereocenters. The first-order valence-corrected chi connectivity index (χ1v) is 8.33. The first-order valence-electron chi connectivity index (χ1n) is 7.51. The molecule has 0 amide bonds. The molecule has 1 heterocycles. The topological polar surface area (TPSA) is 43.4 Å². The smallest absolute Gasteiger partial charge is 0.184 e. The zero-order chi connectivity index (χ0) is 15.2. The summed E-state index contributed by atoms with van der Waals surface area (Å²) in [7, 11) is 0. The number of nitrogens with one attached hydrogen (secondary N) is 1. The fraction of sp³-hybridized carbons (Fsp3) is 0.562. The van der Waals surface area contributed by atoms with Crippen LogP contribution in [0.15, 0.2) is 18.2 Å². The molecule has 0 bridgehead atoms. The SMILES string of the molecule is CCOCC(Nc1nc2ccc(OCC)cc2s1)C(C)C. The average Bonchev–Trinajstić information content (AvgIpc) is 2.85. The van der Waals surface area contributed by atoms with Gasteiger partial charge in [0.1, 0.15) is 5.75 Å². The lowest BCUT2D eigenvalue weighted by atomic mass is 10.1. The first-order chi connectivity index (χ1) is 10.1. The Morgan fingerprint density at radius 3 is 2.71 bits per heavy atom. The number of hydrogen-bond donors (Lipinski definition) is 1. The lowest BCUT2D eigenvalue weighted by Crippen LogP contribution is -2.30. The van der Waals surface area contributed by atoms with Gasteiger partial charge in [0.15, 0.2) is 5.13 Å².